The van der Waals surface area contributed by atoms with Gasteiger partial charge >= 0.3 is 0 Å². The third-order valence-corrected chi connectivity index (χ3v) is 7.93. The molecule has 1 aliphatic heterocycles. The molecule has 0 spiro atoms. The van der Waals surface area contributed by atoms with Crippen LogP contribution in [0.25, 0.3) is 0 Å². The molecule has 2 saturated carbocycles. The van der Waals surface area contributed by atoms with E-state index in [1.807, 2.05) is 11.3 Å². The summed E-state index contributed by atoms with van der Waals surface area (Å²) >= 11 is 1.84. The highest BCUT2D eigenvalue weighted by molar-refractivity contribution is 7.12. The van der Waals surface area contributed by atoms with Gasteiger partial charge < -0.3 is 15.8 Å². The number of fused-ring (bicyclic) bond motifs is 2. The Morgan fingerprint density at radius 3 is 2.57 bits per heavy atom. The summed E-state index contributed by atoms with van der Waals surface area (Å²) in [6, 6.07) is 4.97. The molecule has 1 aromatic heterocycles. The highest BCUT2D eigenvalue weighted by Crippen LogP contribution is 2.42. The van der Waals surface area contributed by atoms with E-state index in [9.17, 15) is 4.79 Å². The Morgan fingerprint density at radius 2 is 1.96 bits per heavy atom. The first-order valence-corrected chi connectivity index (χ1v) is 11.3. The normalized spacial score (nSPS) is 31.6. The average molecular weight is 428 g/mol. The van der Waals surface area contributed by atoms with E-state index >= 15 is 0 Å². The molecule has 1 saturated heterocycles. The first-order chi connectivity index (χ1) is 13.1. The standard InChI is InChI=1S/C21H33N3O2S.ClH/c1-14-5-6-19(27-14)18(24-7-9-26-10-8-24)13-23-21(25)17-11-15-3-2-4-16(12-17)20(15)22;/h5-6,15-18,20H,2-4,7-13,22H2,1H3,(H,23,25);1H. The topological polar surface area (TPSA) is 67.6 Å². The number of nitrogens with one attached hydrogen (secondary N) is 1. The van der Waals surface area contributed by atoms with E-state index in [1.165, 1.54) is 29.0 Å². The summed E-state index contributed by atoms with van der Waals surface area (Å²) in [5.74, 6) is 1.48. The lowest BCUT2D eigenvalue weighted by Crippen LogP contribution is -2.50. The first-order valence-electron chi connectivity index (χ1n) is 10.5. The smallest absolute Gasteiger partial charge is 0.223 e. The summed E-state index contributed by atoms with van der Waals surface area (Å²) in [7, 11) is 0. The molecule has 3 fully saturated rings. The second kappa shape index (κ2) is 9.90. The minimum absolute atomic E-state index is 0. The Labute approximate surface area is 178 Å². The molecule has 3 aliphatic rings. The number of rotatable bonds is 5. The third-order valence-electron chi connectivity index (χ3n) is 6.83. The van der Waals surface area contributed by atoms with Gasteiger partial charge in [-0.15, -0.1) is 23.7 Å². The van der Waals surface area contributed by atoms with E-state index < -0.39 is 0 Å². The molecule has 2 heterocycles. The average Bonchev–Trinajstić information content (AvgIpc) is 3.08. The number of nitrogens with two attached hydrogens (primary N) is 1. The second-order valence-corrected chi connectivity index (χ2v) is 9.87. The number of aryl methyl sites for hydroxylation is 1. The van der Waals surface area contributed by atoms with Crippen LogP contribution in [0.4, 0.5) is 0 Å². The molecule has 0 aromatic carbocycles. The number of thiophene rings is 1. The van der Waals surface area contributed by atoms with Crippen LogP contribution < -0.4 is 11.1 Å². The zero-order chi connectivity index (χ0) is 18.8. The van der Waals surface area contributed by atoms with Crippen LogP contribution in [0, 0.1) is 24.7 Å². The highest BCUT2D eigenvalue weighted by atomic mass is 35.5. The lowest BCUT2D eigenvalue weighted by molar-refractivity contribution is -0.128. The van der Waals surface area contributed by atoms with Crippen LogP contribution in [0.1, 0.15) is 47.9 Å². The molecular weight excluding hydrogens is 394 g/mol. The van der Waals surface area contributed by atoms with Crippen molar-refractivity contribution >= 4 is 29.7 Å². The number of ether oxygens (including phenoxy) is 1. The molecule has 3 atom stereocenters. The zero-order valence-electron chi connectivity index (χ0n) is 16.8. The van der Waals surface area contributed by atoms with Crippen molar-refractivity contribution in [2.45, 2.75) is 51.1 Å². The third kappa shape index (κ3) is 4.90. The maximum atomic E-state index is 13.0. The van der Waals surface area contributed by atoms with E-state index in [2.05, 4.69) is 29.3 Å². The number of carbonyl (C=O) groups excluding carboxylic acids is 1. The molecule has 4 rings (SSSR count). The molecular formula is C21H34ClN3O2S. The number of hydrogen-bond acceptors (Lipinski definition) is 5. The zero-order valence-corrected chi connectivity index (χ0v) is 18.4. The maximum Gasteiger partial charge on any atom is 0.223 e. The van der Waals surface area contributed by atoms with Gasteiger partial charge in [-0.3, -0.25) is 9.69 Å². The number of hydrogen-bond donors (Lipinski definition) is 2. The number of morpholine rings is 1. The number of halogens is 1. The van der Waals surface area contributed by atoms with Crippen LogP contribution in [0.2, 0.25) is 0 Å². The molecule has 1 aromatic rings. The van der Waals surface area contributed by atoms with Crippen LogP contribution in [0.15, 0.2) is 12.1 Å². The van der Waals surface area contributed by atoms with Gasteiger partial charge in [-0.05, 0) is 56.6 Å². The predicted molar refractivity (Wildman–Crippen MR) is 116 cm³/mol. The lowest BCUT2D eigenvalue weighted by Gasteiger charge is -2.43. The Kier molecular flexibility index (Phi) is 7.79. The SMILES string of the molecule is Cc1ccc(C(CNC(=O)C2CC3CCCC(C2)C3N)N2CCOCC2)s1.Cl. The van der Waals surface area contributed by atoms with Crippen LogP contribution in [0.5, 0.6) is 0 Å². The fourth-order valence-corrected chi connectivity index (χ4v) is 6.29. The fourth-order valence-electron chi connectivity index (χ4n) is 5.28. The van der Waals surface area contributed by atoms with Crippen molar-refractivity contribution < 1.29 is 9.53 Å². The summed E-state index contributed by atoms with van der Waals surface area (Å²) < 4.78 is 5.53. The van der Waals surface area contributed by atoms with E-state index in [0.29, 0.717) is 24.4 Å². The van der Waals surface area contributed by atoms with Gasteiger partial charge in [-0.2, -0.15) is 0 Å². The van der Waals surface area contributed by atoms with Crippen molar-refractivity contribution in [2.24, 2.45) is 23.5 Å². The Morgan fingerprint density at radius 1 is 1.29 bits per heavy atom. The summed E-state index contributed by atoms with van der Waals surface area (Å²) in [6.45, 7) is 6.25. The molecule has 3 N–H and O–H groups in total. The fraction of sp³-hybridized carbons (Fsp3) is 0.762. The predicted octanol–water partition coefficient (Wildman–Crippen LogP) is 3.12. The Hall–Kier alpha value is -0.660. The van der Waals surface area contributed by atoms with Gasteiger partial charge in [0.2, 0.25) is 5.91 Å². The lowest BCUT2D eigenvalue weighted by atomic mass is 9.65. The van der Waals surface area contributed by atoms with Crippen LogP contribution in [-0.2, 0) is 9.53 Å². The first kappa shape index (κ1) is 22.0. The van der Waals surface area contributed by atoms with Gasteiger partial charge in [0.25, 0.3) is 0 Å². The van der Waals surface area contributed by atoms with Gasteiger partial charge in [0, 0.05) is 41.3 Å². The van der Waals surface area contributed by atoms with E-state index in [1.54, 1.807) is 0 Å². The minimum Gasteiger partial charge on any atom is -0.379 e. The molecule has 7 heteroatoms. The number of amides is 1. The highest BCUT2D eigenvalue weighted by Gasteiger charge is 2.40. The van der Waals surface area contributed by atoms with Gasteiger partial charge in [0.05, 0.1) is 19.3 Å². The van der Waals surface area contributed by atoms with Crippen molar-refractivity contribution in [3.8, 4) is 0 Å². The molecule has 158 valence electrons. The van der Waals surface area contributed by atoms with Crippen LogP contribution >= 0.6 is 23.7 Å². The van der Waals surface area contributed by atoms with E-state index in [4.69, 9.17) is 10.5 Å². The molecule has 0 radical (unpaired) electrons. The van der Waals surface area contributed by atoms with Crippen molar-refractivity contribution in [3.05, 3.63) is 21.9 Å². The van der Waals surface area contributed by atoms with E-state index in [-0.39, 0.29) is 30.3 Å². The number of carbonyl (C=O) groups is 1. The van der Waals surface area contributed by atoms with Gasteiger partial charge in [-0.25, -0.2) is 0 Å². The monoisotopic (exact) mass is 427 g/mol. The quantitative estimate of drug-likeness (QED) is 0.757. The number of nitrogens with zero attached hydrogens (tertiary/aromatic N) is 1. The van der Waals surface area contributed by atoms with Crippen molar-refractivity contribution in [1.82, 2.24) is 10.2 Å². The molecule has 3 unspecified atom stereocenters. The van der Waals surface area contributed by atoms with Crippen molar-refractivity contribution in [2.75, 3.05) is 32.8 Å². The molecule has 1 amide bonds. The van der Waals surface area contributed by atoms with Crippen molar-refractivity contribution in [3.63, 3.8) is 0 Å². The summed E-state index contributed by atoms with van der Waals surface area (Å²) in [4.78, 5) is 18.1. The molecule has 28 heavy (non-hydrogen) atoms. The Balaban J connectivity index is 0.00000225. The largest absolute Gasteiger partial charge is 0.379 e. The van der Waals surface area contributed by atoms with Gasteiger partial charge in [-0.1, -0.05) is 6.42 Å². The molecule has 5 nitrogen and oxygen atoms in total. The molecule has 2 aliphatic carbocycles. The molecule has 2 bridgehead atoms. The maximum absolute atomic E-state index is 13.0. The summed E-state index contributed by atoms with van der Waals surface area (Å²) in [6.07, 6.45) is 5.64. The van der Waals surface area contributed by atoms with Crippen molar-refractivity contribution in [1.29, 1.82) is 0 Å². The van der Waals surface area contributed by atoms with E-state index in [0.717, 1.165) is 39.1 Å². The summed E-state index contributed by atoms with van der Waals surface area (Å²) in [5, 5.41) is 3.31. The van der Waals surface area contributed by atoms with Crippen LogP contribution in [0.3, 0.4) is 0 Å². The second-order valence-electron chi connectivity index (χ2n) is 8.55. The Bertz CT molecular complexity index is 635. The summed E-state index contributed by atoms with van der Waals surface area (Å²) in [5.41, 5.74) is 6.40. The minimum atomic E-state index is 0. The van der Waals surface area contributed by atoms with Gasteiger partial charge in [0.1, 0.15) is 0 Å². The van der Waals surface area contributed by atoms with Gasteiger partial charge in [0.15, 0.2) is 0 Å². The van der Waals surface area contributed by atoms with Crippen LogP contribution in [-0.4, -0.2) is 49.7 Å².